The van der Waals surface area contributed by atoms with Gasteiger partial charge in [-0.25, -0.2) is 8.42 Å². The summed E-state index contributed by atoms with van der Waals surface area (Å²) in [5.74, 6) is 0. The van der Waals surface area contributed by atoms with Gasteiger partial charge in [-0.2, -0.15) is 5.26 Å². The van der Waals surface area contributed by atoms with E-state index >= 15 is 0 Å². The monoisotopic (exact) mass is 279 g/mol. The lowest BCUT2D eigenvalue weighted by Gasteiger charge is -2.39. The zero-order chi connectivity index (χ0) is 14.9. The predicted molar refractivity (Wildman–Crippen MR) is 76.5 cm³/mol. The van der Waals surface area contributed by atoms with Crippen LogP contribution in [0.5, 0.6) is 0 Å². The summed E-state index contributed by atoms with van der Waals surface area (Å²) in [4.78, 5) is 0.314. The van der Waals surface area contributed by atoms with Gasteiger partial charge in [-0.05, 0) is 38.3 Å². The Morgan fingerprint density at radius 1 is 1.11 bits per heavy atom. The van der Waals surface area contributed by atoms with Crippen molar-refractivity contribution >= 4 is 9.84 Å². The van der Waals surface area contributed by atoms with Gasteiger partial charge >= 0.3 is 0 Å². The van der Waals surface area contributed by atoms with Crippen LogP contribution in [-0.2, 0) is 9.84 Å². The van der Waals surface area contributed by atoms with E-state index in [4.69, 9.17) is 5.26 Å². The van der Waals surface area contributed by atoms with E-state index in [9.17, 15) is 8.42 Å². The second-order valence-electron chi connectivity index (χ2n) is 6.05. The third kappa shape index (κ3) is 2.66. The summed E-state index contributed by atoms with van der Waals surface area (Å²) in [6, 6.07) is 8.93. The predicted octanol–water partition coefficient (Wildman–Crippen LogP) is 3.49. The number of nitrogens with zero attached hydrogens (tertiary/aromatic N) is 1. The second-order valence-corrected chi connectivity index (χ2v) is 8.54. The van der Waals surface area contributed by atoms with Crippen LogP contribution < -0.4 is 0 Å². The molecule has 3 nitrogen and oxygen atoms in total. The molecule has 0 saturated heterocycles. The molecule has 0 aliphatic rings. The molecule has 4 heteroatoms. The van der Waals surface area contributed by atoms with Crippen molar-refractivity contribution in [3.8, 4) is 6.07 Å². The Morgan fingerprint density at radius 2 is 1.58 bits per heavy atom. The Morgan fingerprint density at radius 3 is 2.00 bits per heavy atom. The normalized spacial score (nSPS) is 13.1. The first-order valence-electron chi connectivity index (χ1n) is 6.24. The molecular weight excluding hydrogens is 258 g/mol. The van der Waals surface area contributed by atoms with Crippen molar-refractivity contribution in [3.63, 3.8) is 0 Å². The number of nitriles is 1. The van der Waals surface area contributed by atoms with E-state index in [1.807, 2.05) is 20.8 Å². The first-order chi connectivity index (χ1) is 8.56. The van der Waals surface area contributed by atoms with Crippen LogP contribution in [0.15, 0.2) is 29.2 Å². The number of sulfone groups is 1. The summed E-state index contributed by atoms with van der Waals surface area (Å²) in [6.07, 6.45) is 0.199. The molecule has 0 aliphatic carbocycles. The molecule has 0 unspecified atom stereocenters. The Hall–Kier alpha value is -1.34. The van der Waals surface area contributed by atoms with Gasteiger partial charge in [0.15, 0.2) is 9.84 Å². The topological polar surface area (TPSA) is 57.9 Å². The fourth-order valence-corrected chi connectivity index (χ4v) is 3.67. The van der Waals surface area contributed by atoms with E-state index in [0.29, 0.717) is 4.90 Å². The summed E-state index contributed by atoms with van der Waals surface area (Å²) < 4.78 is 24.5. The van der Waals surface area contributed by atoms with E-state index in [0.717, 1.165) is 5.56 Å². The zero-order valence-electron chi connectivity index (χ0n) is 12.2. The standard InChI is InChI=1S/C15H21NO2S/c1-12-6-8-13(9-7-12)19(17,18)15(4,5)14(2,3)10-11-16/h6-9H,10H2,1-5H3. The van der Waals surface area contributed by atoms with Crippen LogP contribution in [0.1, 0.15) is 39.7 Å². The van der Waals surface area contributed by atoms with Gasteiger partial charge in [0.05, 0.1) is 15.7 Å². The summed E-state index contributed by atoms with van der Waals surface area (Å²) in [5, 5.41) is 8.89. The molecule has 104 valence electrons. The maximum absolute atomic E-state index is 12.8. The highest BCUT2D eigenvalue weighted by Crippen LogP contribution is 2.42. The molecule has 0 saturated carbocycles. The van der Waals surface area contributed by atoms with Crippen LogP contribution in [0.2, 0.25) is 0 Å². The number of benzene rings is 1. The lowest BCUT2D eigenvalue weighted by atomic mass is 9.78. The number of rotatable bonds is 4. The van der Waals surface area contributed by atoms with Crippen molar-refractivity contribution in [2.45, 2.75) is 50.7 Å². The van der Waals surface area contributed by atoms with E-state index in [2.05, 4.69) is 6.07 Å². The van der Waals surface area contributed by atoms with Crippen molar-refractivity contribution in [1.82, 2.24) is 0 Å². The van der Waals surface area contributed by atoms with Gasteiger partial charge in [0, 0.05) is 6.42 Å². The highest BCUT2D eigenvalue weighted by atomic mass is 32.2. The number of aryl methyl sites for hydroxylation is 1. The SMILES string of the molecule is Cc1ccc(S(=O)(=O)C(C)(C)C(C)(C)CC#N)cc1. The van der Waals surface area contributed by atoms with Crippen LogP contribution in [0.4, 0.5) is 0 Å². The fourth-order valence-electron chi connectivity index (χ4n) is 1.79. The number of hydrogen-bond acceptors (Lipinski definition) is 3. The van der Waals surface area contributed by atoms with Crippen molar-refractivity contribution in [2.75, 3.05) is 0 Å². The average Bonchev–Trinajstić information content (AvgIpc) is 2.29. The Kier molecular flexibility index (Phi) is 4.11. The maximum Gasteiger partial charge on any atom is 0.184 e. The van der Waals surface area contributed by atoms with Crippen molar-refractivity contribution in [1.29, 1.82) is 5.26 Å². The van der Waals surface area contributed by atoms with Crippen molar-refractivity contribution in [3.05, 3.63) is 29.8 Å². The van der Waals surface area contributed by atoms with Gasteiger partial charge in [-0.3, -0.25) is 0 Å². The first-order valence-corrected chi connectivity index (χ1v) is 7.73. The third-order valence-electron chi connectivity index (χ3n) is 4.15. The Bertz CT molecular complexity index is 590. The highest BCUT2D eigenvalue weighted by molar-refractivity contribution is 7.92. The van der Waals surface area contributed by atoms with E-state index in [-0.39, 0.29) is 6.42 Å². The smallest absolute Gasteiger partial charge is 0.184 e. The van der Waals surface area contributed by atoms with Crippen LogP contribution in [0, 0.1) is 23.7 Å². The average molecular weight is 279 g/mol. The summed E-state index contributed by atoms with van der Waals surface area (Å²) in [6.45, 7) is 8.95. The van der Waals surface area contributed by atoms with Crippen LogP contribution in [-0.4, -0.2) is 13.2 Å². The number of hydrogen-bond donors (Lipinski definition) is 0. The molecule has 0 radical (unpaired) electrons. The maximum atomic E-state index is 12.8. The lowest BCUT2D eigenvalue weighted by molar-refractivity contribution is 0.275. The van der Waals surface area contributed by atoms with E-state index < -0.39 is 20.0 Å². The molecule has 0 bridgehead atoms. The molecule has 0 heterocycles. The molecule has 0 aliphatic heterocycles. The largest absolute Gasteiger partial charge is 0.223 e. The quantitative estimate of drug-likeness (QED) is 0.847. The molecule has 1 aromatic carbocycles. The molecule has 0 aromatic heterocycles. The summed E-state index contributed by atoms with van der Waals surface area (Å²) in [5.41, 5.74) is 0.402. The molecule has 19 heavy (non-hydrogen) atoms. The van der Waals surface area contributed by atoms with E-state index in [1.54, 1.807) is 38.1 Å². The molecule has 0 fully saturated rings. The molecule has 0 atom stereocenters. The van der Waals surface area contributed by atoms with Gasteiger partial charge in [-0.1, -0.05) is 31.5 Å². The first kappa shape index (κ1) is 15.7. The second kappa shape index (κ2) is 4.97. The molecule has 0 amide bonds. The highest BCUT2D eigenvalue weighted by Gasteiger charge is 2.47. The molecular formula is C15H21NO2S. The van der Waals surface area contributed by atoms with Crippen molar-refractivity contribution in [2.24, 2.45) is 5.41 Å². The van der Waals surface area contributed by atoms with Gasteiger partial charge in [0.25, 0.3) is 0 Å². The third-order valence-corrected chi connectivity index (χ3v) is 6.94. The van der Waals surface area contributed by atoms with Crippen molar-refractivity contribution < 1.29 is 8.42 Å². The van der Waals surface area contributed by atoms with Gasteiger partial charge in [0.2, 0.25) is 0 Å². The Balaban J connectivity index is 3.34. The minimum Gasteiger partial charge on any atom is -0.223 e. The van der Waals surface area contributed by atoms with Crippen LogP contribution in [0.25, 0.3) is 0 Å². The fraction of sp³-hybridized carbons (Fsp3) is 0.533. The van der Waals surface area contributed by atoms with Crippen LogP contribution >= 0.6 is 0 Å². The molecule has 0 spiro atoms. The minimum atomic E-state index is -3.49. The van der Waals surface area contributed by atoms with Gasteiger partial charge in [0.1, 0.15) is 0 Å². The molecule has 1 aromatic rings. The molecule has 1 rings (SSSR count). The molecule has 0 N–H and O–H groups in total. The Labute approximate surface area is 116 Å². The van der Waals surface area contributed by atoms with Gasteiger partial charge in [-0.15, -0.1) is 0 Å². The summed E-state index contributed by atoms with van der Waals surface area (Å²) in [7, 11) is -3.49. The minimum absolute atomic E-state index is 0.199. The summed E-state index contributed by atoms with van der Waals surface area (Å²) >= 11 is 0. The van der Waals surface area contributed by atoms with E-state index in [1.165, 1.54) is 0 Å². The van der Waals surface area contributed by atoms with Crippen LogP contribution in [0.3, 0.4) is 0 Å². The van der Waals surface area contributed by atoms with Gasteiger partial charge < -0.3 is 0 Å². The lowest BCUT2D eigenvalue weighted by Crippen LogP contribution is -2.46. The zero-order valence-corrected chi connectivity index (χ0v) is 13.0.